The van der Waals surface area contributed by atoms with Crippen molar-refractivity contribution in [3.63, 3.8) is 0 Å². The summed E-state index contributed by atoms with van der Waals surface area (Å²) in [5, 5.41) is 12.2. The molecule has 0 aliphatic carbocycles. The van der Waals surface area contributed by atoms with Crippen molar-refractivity contribution < 1.29 is 4.74 Å². The van der Waals surface area contributed by atoms with Crippen LogP contribution in [0.1, 0.15) is 31.4 Å². The Labute approximate surface area is 107 Å². The van der Waals surface area contributed by atoms with Crippen LogP contribution in [0.2, 0.25) is 5.02 Å². The molecule has 0 aromatic heterocycles. The minimum absolute atomic E-state index is 0.264. The van der Waals surface area contributed by atoms with Crippen LogP contribution in [-0.2, 0) is 0 Å². The number of benzene rings is 1. The van der Waals surface area contributed by atoms with Gasteiger partial charge in [-0.2, -0.15) is 5.26 Å². The minimum Gasteiger partial charge on any atom is -0.492 e. The number of nitriles is 1. The number of hydrogen-bond acceptors (Lipinski definition) is 3. The molecule has 1 rings (SSSR count). The highest BCUT2D eigenvalue weighted by atomic mass is 35.5. The Morgan fingerprint density at radius 2 is 2.29 bits per heavy atom. The summed E-state index contributed by atoms with van der Waals surface area (Å²) >= 11 is 6.13. The van der Waals surface area contributed by atoms with Crippen molar-refractivity contribution in [3.8, 4) is 11.8 Å². The van der Waals surface area contributed by atoms with Gasteiger partial charge in [0, 0.05) is 12.5 Å². The second-order valence-electron chi connectivity index (χ2n) is 3.81. The maximum absolute atomic E-state index is 8.40. The van der Waals surface area contributed by atoms with E-state index in [1.165, 1.54) is 0 Å². The quantitative estimate of drug-likeness (QED) is 0.790. The van der Waals surface area contributed by atoms with Crippen molar-refractivity contribution >= 4 is 11.6 Å². The Bertz CT molecular complexity index is 401. The van der Waals surface area contributed by atoms with E-state index in [-0.39, 0.29) is 6.04 Å². The van der Waals surface area contributed by atoms with Crippen LogP contribution < -0.4 is 10.1 Å². The first kappa shape index (κ1) is 13.8. The number of nitrogens with zero attached hydrogens (tertiary/aromatic N) is 1. The lowest BCUT2D eigenvalue weighted by molar-refractivity contribution is 0.313. The second-order valence-corrected chi connectivity index (χ2v) is 4.22. The smallest absolute Gasteiger partial charge is 0.137 e. The number of unbranched alkanes of at least 4 members (excludes halogenated alkanes) is 1. The Kier molecular flexibility index (Phi) is 5.82. The number of hydrogen-bond donors (Lipinski definition) is 1. The van der Waals surface area contributed by atoms with Crippen LogP contribution in [0.4, 0.5) is 0 Å². The molecule has 0 radical (unpaired) electrons. The van der Waals surface area contributed by atoms with Gasteiger partial charge in [0.15, 0.2) is 0 Å². The predicted octanol–water partition coefficient (Wildman–Crippen LogP) is 3.30. The van der Waals surface area contributed by atoms with Gasteiger partial charge < -0.3 is 10.1 Å². The molecule has 0 aliphatic rings. The molecule has 0 saturated heterocycles. The highest BCUT2D eigenvalue weighted by molar-refractivity contribution is 6.32. The molecular weight excluding hydrogens is 236 g/mol. The fourth-order valence-corrected chi connectivity index (χ4v) is 1.65. The molecule has 0 fully saturated rings. The van der Waals surface area contributed by atoms with E-state index in [9.17, 15) is 0 Å². The van der Waals surface area contributed by atoms with Crippen LogP contribution in [-0.4, -0.2) is 13.7 Å². The van der Waals surface area contributed by atoms with Crippen LogP contribution in [0, 0.1) is 11.3 Å². The maximum Gasteiger partial charge on any atom is 0.137 e. The van der Waals surface area contributed by atoms with E-state index in [2.05, 4.69) is 18.3 Å². The summed E-state index contributed by atoms with van der Waals surface area (Å²) < 4.78 is 5.50. The zero-order valence-electron chi connectivity index (χ0n) is 10.2. The summed E-state index contributed by atoms with van der Waals surface area (Å²) in [5.74, 6) is 0.677. The topological polar surface area (TPSA) is 45.0 Å². The highest BCUT2D eigenvalue weighted by Gasteiger charge is 2.07. The summed E-state index contributed by atoms with van der Waals surface area (Å²) in [6.45, 7) is 2.59. The van der Waals surface area contributed by atoms with Gasteiger partial charge in [0.1, 0.15) is 5.75 Å². The molecule has 0 aliphatic heterocycles. The summed E-state index contributed by atoms with van der Waals surface area (Å²) in [4.78, 5) is 0. The lowest BCUT2D eigenvalue weighted by atomic mass is 10.1. The molecule has 0 spiro atoms. The Morgan fingerprint density at radius 1 is 1.53 bits per heavy atom. The fraction of sp³-hybridized carbons (Fsp3) is 0.462. The molecule has 0 amide bonds. The molecule has 1 aromatic carbocycles. The largest absolute Gasteiger partial charge is 0.492 e. The van der Waals surface area contributed by atoms with E-state index in [1.807, 2.05) is 25.2 Å². The molecule has 1 N–H and O–H groups in total. The molecule has 0 bridgehead atoms. The van der Waals surface area contributed by atoms with Gasteiger partial charge in [-0.05, 0) is 38.1 Å². The number of ether oxygens (including phenoxy) is 1. The van der Waals surface area contributed by atoms with Crippen LogP contribution in [0.5, 0.6) is 5.75 Å². The normalized spacial score (nSPS) is 11.9. The lowest BCUT2D eigenvalue weighted by Crippen LogP contribution is -2.12. The third kappa shape index (κ3) is 4.26. The van der Waals surface area contributed by atoms with Gasteiger partial charge in [0.2, 0.25) is 0 Å². The van der Waals surface area contributed by atoms with Crippen molar-refractivity contribution in [2.24, 2.45) is 0 Å². The van der Waals surface area contributed by atoms with E-state index >= 15 is 0 Å². The second kappa shape index (κ2) is 7.16. The average molecular weight is 253 g/mol. The van der Waals surface area contributed by atoms with Crippen molar-refractivity contribution in [3.05, 3.63) is 28.8 Å². The average Bonchev–Trinajstić information content (AvgIpc) is 2.35. The summed E-state index contributed by atoms with van der Waals surface area (Å²) in [7, 11) is 1.91. The SMILES string of the molecule is CNC(C)c1ccc(OCCCC#N)c(Cl)c1. The monoisotopic (exact) mass is 252 g/mol. The molecule has 0 saturated carbocycles. The molecule has 1 atom stereocenters. The number of halogens is 1. The molecule has 17 heavy (non-hydrogen) atoms. The van der Waals surface area contributed by atoms with Gasteiger partial charge in [-0.3, -0.25) is 0 Å². The first-order chi connectivity index (χ1) is 8.19. The van der Waals surface area contributed by atoms with Crippen molar-refractivity contribution in [2.75, 3.05) is 13.7 Å². The van der Waals surface area contributed by atoms with Crippen molar-refractivity contribution in [1.29, 1.82) is 5.26 Å². The first-order valence-electron chi connectivity index (χ1n) is 5.65. The Hall–Kier alpha value is -1.24. The third-order valence-electron chi connectivity index (χ3n) is 2.58. The van der Waals surface area contributed by atoms with Gasteiger partial charge in [0.05, 0.1) is 17.7 Å². The standard InChI is InChI=1S/C13H17ClN2O/c1-10(16-2)11-5-6-13(12(14)9-11)17-8-4-3-7-15/h5-6,9-10,16H,3-4,8H2,1-2H3. The number of rotatable bonds is 6. The molecule has 1 aromatic rings. The van der Waals surface area contributed by atoms with Gasteiger partial charge in [-0.25, -0.2) is 0 Å². The van der Waals surface area contributed by atoms with Crippen molar-refractivity contribution in [1.82, 2.24) is 5.32 Å². The van der Waals surface area contributed by atoms with E-state index in [0.29, 0.717) is 23.8 Å². The van der Waals surface area contributed by atoms with E-state index in [0.717, 1.165) is 12.0 Å². The van der Waals surface area contributed by atoms with Gasteiger partial charge in [0.25, 0.3) is 0 Å². The molecule has 92 valence electrons. The Balaban J connectivity index is 2.60. The van der Waals surface area contributed by atoms with Crippen molar-refractivity contribution in [2.45, 2.75) is 25.8 Å². The van der Waals surface area contributed by atoms with Gasteiger partial charge in [-0.1, -0.05) is 17.7 Å². The minimum atomic E-state index is 0.264. The Morgan fingerprint density at radius 3 is 2.88 bits per heavy atom. The van der Waals surface area contributed by atoms with E-state index < -0.39 is 0 Å². The van der Waals surface area contributed by atoms with Crippen LogP contribution in [0.3, 0.4) is 0 Å². The molecular formula is C13H17ClN2O. The van der Waals surface area contributed by atoms with Crippen LogP contribution in [0.15, 0.2) is 18.2 Å². The summed E-state index contributed by atoms with van der Waals surface area (Å²) in [6, 6.07) is 8.11. The highest BCUT2D eigenvalue weighted by Crippen LogP contribution is 2.27. The van der Waals surface area contributed by atoms with Gasteiger partial charge in [-0.15, -0.1) is 0 Å². The third-order valence-corrected chi connectivity index (χ3v) is 2.87. The molecule has 1 unspecified atom stereocenters. The van der Waals surface area contributed by atoms with Gasteiger partial charge >= 0.3 is 0 Å². The zero-order chi connectivity index (χ0) is 12.7. The molecule has 4 heteroatoms. The van der Waals surface area contributed by atoms with E-state index in [1.54, 1.807) is 0 Å². The molecule has 3 nitrogen and oxygen atoms in total. The lowest BCUT2D eigenvalue weighted by Gasteiger charge is -2.13. The zero-order valence-corrected chi connectivity index (χ0v) is 10.9. The van der Waals surface area contributed by atoms with Crippen LogP contribution >= 0.6 is 11.6 Å². The van der Waals surface area contributed by atoms with E-state index in [4.69, 9.17) is 21.6 Å². The first-order valence-corrected chi connectivity index (χ1v) is 6.03. The summed E-state index contributed by atoms with van der Waals surface area (Å²) in [5.41, 5.74) is 1.13. The maximum atomic E-state index is 8.40. The summed E-state index contributed by atoms with van der Waals surface area (Å²) in [6.07, 6.45) is 1.23. The van der Waals surface area contributed by atoms with Crippen LogP contribution in [0.25, 0.3) is 0 Å². The fourth-order valence-electron chi connectivity index (χ4n) is 1.40. The predicted molar refractivity (Wildman–Crippen MR) is 69.3 cm³/mol. The molecule has 0 heterocycles. The number of nitrogens with one attached hydrogen (secondary N) is 1.